The molecule has 0 bridgehead atoms. The van der Waals surface area contributed by atoms with Crippen LogP contribution >= 0.6 is 11.8 Å². The fourth-order valence-electron chi connectivity index (χ4n) is 1.83. The summed E-state index contributed by atoms with van der Waals surface area (Å²) in [5, 5.41) is 3.41. The third-order valence-corrected chi connectivity index (χ3v) is 3.89. The van der Waals surface area contributed by atoms with Crippen molar-refractivity contribution in [3.05, 3.63) is 54.1 Å². The normalized spacial score (nSPS) is 12.3. The zero-order valence-corrected chi connectivity index (χ0v) is 12.2. The van der Waals surface area contributed by atoms with Crippen LogP contribution in [0.15, 0.2) is 47.6 Å². The van der Waals surface area contributed by atoms with Crippen molar-refractivity contribution in [2.75, 3.05) is 6.54 Å². The van der Waals surface area contributed by atoms with E-state index in [1.807, 2.05) is 6.07 Å². The molecule has 0 aliphatic carbocycles. The zero-order chi connectivity index (χ0) is 13.5. The molecule has 0 spiro atoms. The van der Waals surface area contributed by atoms with Crippen LogP contribution in [0.4, 0.5) is 0 Å². The first-order valence-corrected chi connectivity index (χ1v) is 7.50. The van der Waals surface area contributed by atoms with Gasteiger partial charge in [-0.25, -0.2) is 9.97 Å². The molecule has 0 aliphatic rings. The fraction of sp³-hybridized carbons (Fsp3) is 0.333. The first-order chi connectivity index (χ1) is 9.29. The topological polar surface area (TPSA) is 37.8 Å². The molecular weight excluding hydrogens is 254 g/mol. The van der Waals surface area contributed by atoms with Gasteiger partial charge in [-0.05, 0) is 37.2 Å². The summed E-state index contributed by atoms with van der Waals surface area (Å²) in [5.41, 5.74) is 1.32. The molecule has 0 amide bonds. The Balaban J connectivity index is 1.92. The molecule has 0 fully saturated rings. The Bertz CT molecular complexity index is 485. The van der Waals surface area contributed by atoms with Crippen LogP contribution in [0, 0.1) is 0 Å². The molecule has 19 heavy (non-hydrogen) atoms. The van der Waals surface area contributed by atoms with E-state index in [4.69, 9.17) is 0 Å². The quantitative estimate of drug-likeness (QED) is 0.818. The zero-order valence-electron chi connectivity index (χ0n) is 11.3. The van der Waals surface area contributed by atoms with E-state index in [2.05, 4.69) is 53.4 Å². The number of aromatic nitrogens is 2. The molecule has 0 radical (unpaired) electrons. The fourth-order valence-corrected chi connectivity index (χ4v) is 2.60. The van der Waals surface area contributed by atoms with Gasteiger partial charge in [-0.2, -0.15) is 0 Å². The molecule has 1 aromatic heterocycles. The Kier molecular flexibility index (Phi) is 5.36. The van der Waals surface area contributed by atoms with Crippen molar-refractivity contribution < 1.29 is 0 Å². The highest BCUT2D eigenvalue weighted by Gasteiger charge is 2.03. The minimum absolute atomic E-state index is 0.404. The molecule has 0 saturated carbocycles. The highest BCUT2D eigenvalue weighted by molar-refractivity contribution is 7.98. The van der Waals surface area contributed by atoms with Crippen LogP contribution < -0.4 is 5.32 Å². The van der Waals surface area contributed by atoms with Crippen molar-refractivity contribution in [2.24, 2.45) is 0 Å². The number of thioether (sulfide) groups is 1. The summed E-state index contributed by atoms with van der Waals surface area (Å²) in [5.74, 6) is 1.68. The van der Waals surface area contributed by atoms with E-state index in [0.29, 0.717) is 6.04 Å². The largest absolute Gasteiger partial charge is 0.310 e. The third-order valence-electron chi connectivity index (χ3n) is 2.88. The van der Waals surface area contributed by atoms with Gasteiger partial charge in [0.1, 0.15) is 5.82 Å². The molecule has 4 heteroatoms. The number of hydrogen-bond acceptors (Lipinski definition) is 4. The smallest absolute Gasteiger partial charge is 0.138 e. The first kappa shape index (κ1) is 14.0. The second-order valence-corrected chi connectivity index (χ2v) is 5.35. The monoisotopic (exact) mass is 273 g/mol. The van der Waals surface area contributed by atoms with E-state index in [0.717, 1.165) is 18.1 Å². The van der Waals surface area contributed by atoms with Crippen molar-refractivity contribution in [2.45, 2.75) is 30.5 Å². The van der Waals surface area contributed by atoms with Crippen molar-refractivity contribution in [1.29, 1.82) is 0 Å². The van der Waals surface area contributed by atoms with Crippen LogP contribution in [-0.2, 0) is 5.75 Å². The van der Waals surface area contributed by atoms with Gasteiger partial charge in [0, 0.05) is 23.3 Å². The van der Waals surface area contributed by atoms with Crippen molar-refractivity contribution >= 4 is 11.8 Å². The molecule has 1 aromatic carbocycles. The molecule has 0 saturated heterocycles. The Morgan fingerprint density at radius 3 is 2.47 bits per heavy atom. The van der Waals surface area contributed by atoms with Crippen molar-refractivity contribution in [3.8, 4) is 0 Å². The van der Waals surface area contributed by atoms with Crippen LogP contribution in [0.3, 0.4) is 0 Å². The minimum Gasteiger partial charge on any atom is -0.310 e. The van der Waals surface area contributed by atoms with Crippen LogP contribution in [0.2, 0.25) is 0 Å². The lowest BCUT2D eigenvalue weighted by atomic mass is 10.1. The summed E-state index contributed by atoms with van der Waals surface area (Å²) in [6.45, 7) is 5.30. The average molecular weight is 273 g/mol. The van der Waals surface area contributed by atoms with Crippen molar-refractivity contribution in [3.63, 3.8) is 0 Å². The summed E-state index contributed by atoms with van der Waals surface area (Å²) in [4.78, 5) is 9.69. The Hall–Kier alpha value is -1.39. The van der Waals surface area contributed by atoms with Crippen molar-refractivity contribution in [1.82, 2.24) is 15.3 Å². The van der Waals surface area contributed by atoms with Gasteiger partial charge in [0.05, 0.1) is 5.75 Å². The summed E-state index contributed by atoms with van der Waals surface area (Å²) >= 11 is 1.76. The predicted molar refractivity (Wildman–Crippen MR) is 80.1 cm³/mol. The van der Waals surface area contributed by atoms with Gasteiger partial charge in [-0.15, -0.1) is 11.8 Å². The first-order valence-electron chi connectivity index (χ1n) is 6.51. The van der Waals surface area contributed by atoms with Gasteiger partial charge in [0.2, 0.25) is 0 Å². The van der Waals surface area contributed by atoms with E-state index in [-0.39, 0.29) is 0 Å². The molecule has 2 rings (SSSR count). The molecule has 1 unspecified atom stereocenters. The van der Waals surface area contributed by atoms with Gasteiger partial charge in [0.15, 0.2) is 0 Å². The van der Waals surface area contributed by atoms with Gasteiger partial charge in [-0.3, -0.25) is 0 Å². The van der Waals surface area contributed by atoms with Gasteiger partial charge < -0.3 is 5.32 Å². The molecule has 3 nitrogen and oxygen atoms in total. The van der Waals surface area contributed by atoms with Gasteiger partial charge in [-0.1, -0.05) is 19.1 Å². The van der Waals surface area contributed by atoms with E-state index in [1.165, 1.54) is 10.5 Å². The summed E-state index contributed by atoms with van der Waals surface area (Å²) in [6, 6.07) is 10.9. The molecule has 100 valence electrons. The lowest BCUT2D eigenvalue weighted by Crippen LogP contribution is -2.17. The maximum absolute atomic E-state index is 4.22. The van der Waals surface area contributed by atoms with Crippen LogP contribution in [-0.4, -0.2) is 16.5 Å². The van der Waals surface area contributed by atoms with Crippen LogP contribution in [0.5, 0.6) is 0 Å². The minimum atomic E-state index is 0.404. The predicted octanol–water partition coefficient (Wildman–Crippen LogP) is 3.44. The third kappa shape index (κ3) is 4.33. The average Bonchev–Trinajstić information content (AvgIpc) is 2.47. The van der Waals surface area contributed by atoms with Crippen LogP contribution in [0.25, 0.3) is 0 Å². The van der Waals surface area contributed by atoms with Gasteiger partial charge in [0.25, 0.3) is 0 Å². The summed E-state index contributed by atoms with van der Waals surface area (Å²) in [6.07, 6.45) is 3.56. The molecule has 2 aromatic rings. The number of rotatable bonds is 6. The molecule has 1 heterocycles. The number of nitrogens with zero attached hydrogens (tertiary/aromatic N) is 2. The highest BCUT2D eigenvalue weighted by Crippen LogP contribution is 2.23. The van der Waals surface area contributed by atoms with E-state index in [1.54, 1.807) is 24.2 Å². The maximum atomic E-state index is 4.22. The van der Waals surface area contributed by atoms with E-state index >= 15 is 0 Å². The Morgan fingerprint density at radius 2 is 1.84 bits per heavy atom. The molecule has 0 aliphatic heterocycles. The summed E-state index contributed by atoms with van der Waals surface area (Å²) in [7, 11) is 0. The summed E-state index contributed by atoms with van der Waals surface area (Å²) < 4.78 is 0. The molecule has 1 atom stereocenters. The Labute approximate surface area is 118 Å². The standard InChI is InChI=1S/C15H19N3S/c1-3-16-12(2)13-5-7-14(8-6-13)19-11-15-17-9-4-10-18-15/h4-10,12,16H,3,11H2,1-2H3. The second-order valence-electron chi connectivity index (χ2n) is 4.30. The number of nitrogens with one attached hydrogen (secondary N) is 1. The second kappa shape index (κ2) is 7.26. The van der Waals surface area contributed by atoms with Crippen LogP contribution in [0.1, 0.15) is 31.3 Å². The molecule has 1 N–H and O–H groups in total. The van der Waals surface area contributed by atoms with E-state index < -0.39 is 0 Å². The molecular formula is C15H19N3S. The Morgan fingerprint density at radius 1 is 1.16 bits per heavy atom. The number of hydrogen-bond donors (Lipinski definition) is 1. The lowest BCUT2D eigenvalue weighted by molar-refractivity contribution is 0.598. The lowest BCUT2D eigenvalue weighted by Gasteiger charge is -2.12. The SMILES string of the molecule is CCNC(C)c1ccc(SCc2ncccn2)cc1. The van der Waals surface area contributed by atoms with E-state index in [9.17, 15) is 0 Å². The number of benzene rings is 1. The van der Waals surface area contributed by atoms with Gasteiger partial charge >= 0.3 is 0 Å². The highest BCUT2D eigenvalue weighted by atomic mass is 32.2. The maximum Gasteiger partial charge on any atom is 0.138 e.